The lowest BCUT2D eigenvalue weighted by molar-refractivity contribution is 0.513. The van der Waals surface area contributed by atoms with Crippen molar-refractivity contribution in [1.82, 2.24) is 5.32 Å². The molecule has 0 aliphatic rings. The molecular formula is C12H13BrClNO. The highest BCUT2D eigenvalue weighted by Gasteiger charge is 2.08. The van der Waals surface area contributed by atoms with Crippen LogP contribution in [0, 0.1) is 0 Å². The summed E-state index contributed by atoms with van der Waals surface area (Å²) in [6.45, 7) is 3.88. The van der Waals surface area contributed by atoms with Crippen LogP contribution in [0.5, 0.6) is 0 Å². The van der Waals surface area contributed by atoms with E-state index in [2.05, 4.69) is 28.2 Å². The zero-order valence-corrected chi connectivity index (χ0v) is 11.4. The van der Waals surface area contributed by atoms with E-state index in [1.165, 1.54) is 0 Å². The van der Waals surface area contributed by atoms with Crippen molar-refractivity contribution in [3.8, 4) is 0 Å². The predicted molar refractivity (Wildman–Crippen MR) is 70.9 cm³/mol. The first-order valence-electron chi connectivity index (χ1n) is 5.29. The van der Waals surface area contributed by atoms with Gasteiger partial charge in [-0.05, 0) is 31.2 Å². The van der Waals surface area contributed by atoms with E-state index < -0.39 is 0 Å². The zero-order valence-electron chi connectivity index (χ0n) is 9.02. The van der Waals surface area contributed by atoms with E-state index in [-0.39, 0.29) is 0 Å². The summed E-state index contributed by atoms with van der Waals surface area (Å²) < 4.78 is 6.66. The summed E-state index contributed by atoms with van der Waals surface area (Å²) >= 11 is 9.51. The van der Waals surface area contributed by atoms with Crippen molar-refractivity contribution in [2.45, 2.75) is 19.9 Å². The van der Waals surface area contributed by atoms with Crippen LogP contribution >= 0.6 is 27.5 Å². The number of halogens is 2. The Kier molecular flexibility index (Phi) is 3.90. The Morgan fingerprint density at radius 3 is 2.94 bits per heavy atom. The Bertz CT molecular complexity index is 495. The molecule has 0 aliphatic heterocycles. The highest BCUT2D eigenvalue weighted by Crippen LogP contribution is 2.30. The highest BCUT2D eigenvalue weighted by molar-refractivity contribution is 9.10. The van der Waals surface area contributed by atoms with Crippen molar-refractivity contribution >= 4 is 38.5 Å². The van der Waals surface area contributed by atoms with Gasteiger partial charge >= 0.3 is 0 Å². The molecule has 0 unspecified atom stereocenters. The minimum absolute atomic E-state index is 0.645. The smallest absolute Gasteiger partial charge is 0.153 e. The van der Waals surface area contributed by atoms with Crippen LogP contribution in [0.3, 0.4) is 0 Å². The number of hydrogen-bond acceptors (Lipinski definition) is 2. The third-order valence-corrected chi connectivity index (χ3v) is 3.05. The first-order valence-corrected chi connectivity index (χ1v) is 6.46. The second-order valence-electron chi connectivity index (χ2n) is 3.70. The van der Waals surface area contributed by atoms with Crippen molar-refractivity contribution in [1.29, 1.82) is 0 Å². The average molecular weight is 303 g/mol. The van der Waals surface area contributed by atoms with Crippen LogP contribution in [0.4, 0.5) is 0 Å². The summed E-state index contributed by atoms with van der Waals surface area (Å²) in [5, 5.41) is 4.98. The number of furan rings is 1. The van der Waals surface area contributed by atoms with Crippen LogP contribution in [0.15, 0.2) is 27.1 Å². The molecule has 0 spiro atoms. The lowest BCUT2D eigenvalue weighted by atomic mass is 10.2. The van der Waals surface area contributed by atoms with Crippen LogP contribution in [-0.2, 0) is 6.54 Å². The molecule has 1 aromatic heterocycles. The molecule has 16 heavy (non-hydrogen) atoms. The van der Waals surface area contributed by atoms with Gasteiger partial charge in [0.05, 0.1) is 11.6 Å². The van der Waals surface area contributed by atoms with Gasteiger partial charge in [-0.25, -0.2) is 0 Å². The molecule has 0 fully saturated rings. The minimum Gasteiger partial charge on any atom is -0.458 e. The quantitative estimate of drug-likeness (QED) is 0.850. The normalized spacial score (nSPS) is 11.2. The van der Waals surface area contributed by atoms with E-state index in [1.807, 2.05) is 18.2 Å². The molecule has 2 aromatic rings. The van der Waals surface area contributed by atoms with E-state index in [0.717, 1.165) is 40.7 Å². The number of benzene rings is 1. The molecule has 86 valence electrons. The van der Waals surface area contributed by atoms with Gasteiger partial charge in [-0.3, -0.25) is 0 Å². The van der Waals surface area contributed by atoms with Gasteiger partial charge in [0.25, 0.3) is 0 Å². The average Bonchev–Trinajstić information content (AvgIpc) is 2.61. The molecule has 4 heteroatoms. The van der Waals surface area contributed by atoms with Crippen LogP contribution < -0.4 is 5.32 Å². The molecule has 2 nitrogen and oxygen atoms in total. The molecule has 0 atom stereocenters. The van der Waals surface area contributed by atoms with Gasteiger partial charge in [0.1, 0.15) is 5.76 Å². The van der Waals surface area contributed by atoms with Gasteiger partial charge in [-0.2, -0.15) is 0 Å². The fraction of sp³-hybridized carbons (Fsp3) is 0.333. The molecular weight excluding hydrogens is 289 g/mol. The first-order chi connectivity index (χ1) is 7.70. The van der Waals surface area contributed by atoms with Crippen LogP contribution in [0.25, 0.3) is 11.0 Å². The molecule has 0 aliphatic carbocycles. The van der Waals surface area contributed by atoms with Crippen LogP contribution in [0.2, 0.25) is 5.02 Å². The number of hydrogen-bond donors (Lipinski definition) is 1. The molecule has 0 radical (unpaired) electrons. The maximum Gasteiger partial charge on any atom is 0.153 e. The van der Waals surface area contributed by atoms with Crippen molar-refractivity contribution < 1.29 is 4.42 Å². The van der Waals surface area contributed by atoms with Crippen molar-refractivity contribution in [2.75, 3.05) is 6.54 Å². The third kappa shape index (κ3) is 2.59. The molecule has 0 bridgehead atoms. The topological polar surface area (TPSA) is 25.2 Å². The van der Waals surface area contributed by atoms with Gasteiger partial charge < -0.3 is 9.73 Å². The lowest BCUT2D eigenvalue weighted by Crippen LogP contribution is -2.12. The fourth-order valence-electron chi connectivity index (χ4n) is 1.60. The van der Waals surface area contributed by atoms with Gasteiger partial charge in [0.15, 0.2) is 5.58 Å². The number of nitrogens with one attached hydrogen (secondary N) is 1. The maximum atomic E-state index is 6.09. The minimum atomic E-state index is 0.645. The monoisotopic (exact) mass is 301 g/mol. The molecule has 2 rings (SSSR count). The molecule has 0 saturated carbocycles. The van der Waals surface area contributed by atoms with Gasteiger partial charge in [0, 0.05) is 9.86 Å². The van der Waals surface area contributed by atoms with Gasteiger partial charge in [0.2, 0.25) is 0 Å². The summed E-state index contributed by atoms with van der Waals surface area (Å²) in [5.74, 6) is 0.920. The Hall–Kier alpha value is -0.510. The largest absolute Gasteiger partial charge is 0.458 e. The SMILES string of the molecule is CCCNCc1cc2cc(Br)cc(Cl)c2o1. The summed E-state index contributed by atoms with van der Waals surface area (Å²) in [6, 6.07) is 5.87. The second kappa shape index (κ2) is 5.21. The molecule has 0 saturated heterocycles. The van der Waals surface area contributed by atoms with Crippen LogP contribution in [-0.4, -0.2) is 6.54 Å². The first kappa shape index (κ1) is 12.0. The summed E-state index contributed by atoms with van der Waals surface area (Å²) in [7, 11) is 0. The summed E-state index contributed by atoms with van der Waals surface area (Å²) in [6.07, 6.45) is 1.12. The van der Waals surface area contributed by atoms with Gasteiger partial charge in [-0.15, -0.1) is 0 Å². The van der Waals surface area contributed by atoms with E-state index in [1.54, 1.807) is 0 Å². The number of rotatable bonds is 4. The highest BCUT2D eigenvalue weighted by atomic mass is 79.9. The Morgan fingerprint density at radius 1 is 1.38 bits per heavy atom. The molecule has 1 heterocycles. The third-order valence-electron chi connectivity index (χ3n) is 2.31. The maximum absolute atomic E-state index is 6.09. The Morgan fingerprint density at radius 2 is 2.19 bits per heavy atom. The molecule has 1 aromatic carbocycles. The lowest BCUT2D eigenvalue weighted by Gasteiger charge is -1.98. The van der Waals surface area contributed by atoms with Gasteiger partial charge in [-0.1, -0.05) is 34.5 Å². The molecule has 0 amide bonds. The molecule has 1 N–H and O–H groups in total. The predicted octanol–water partition coefficient (Wildman–Crippen LogP) is 4.35. The van der Waals surface area contributed by atoms with E-state index in [0.29, 0.717) is 5.02 Å². The van der Waals surface area contributed by atoms with E-state index in [9.17, 15) is 0 Å². The number of fused-ring (bicyclic) bond motifs is 1. The zero-order chi connectivity index (χ0) is 11.5. The van der Waals surface area contributed by atoms with Crippen molar-refractivity contribution in [2.24, 2.45) is 0 Å². The fourth-order valence-corrected chi connectivity index (χ4v) is 2.48. The van der Waals surface area contributed by atoms with Crippen molar-refractivity contribution in [3.05, 3.63) is 33.5 Å². The Balaban J connectivity index is 2.26. The van der Waals surface area contributed by atoms with Crippen molar-refractivity contribution in [3.63, 3.8) is 0 Å². The summed E-state index contributed by atoms with van der Waals surface area (Å²) in [5.41, 5.74) is 0.762. The van der Waals surface area contributed by atoms with E-state index in [4.69, 9.17) is 16.0 Å². The standard InChI is InChI=1S/C12H13BrClNO/c1-2-3-15-7-10-5-8-4-9(13)6-11(14)12(8)16-10/h4-6,15H,2-3,7H2,1H3. The van der Waals surface area contributed by atoms with E-state index >= 15 is 0 Å². The second-order valence-corrected chi connectivity index (χ2v) is 5.02. The Labute approximate surface area is 108 Å². The summed E-state index contributed by atoms with van der Waals surface area (Å²) in [4.78, 5) is 0. The van der Waals surface area contributed by atoms with Crippen LogP contribution in [0.1, 0.15) is 19.1 Å².